The summed E-state index contributed by atoms with van der Waals surface area (Å²) in [5.74, 6) is 0.431. The maximum atomic E-state index is 13.0. The van der Waals surface area contributed by atoms with Gasteiger partial charge in [-0.3, -0.25) is 0 Å². The molecule has 0 spiro atoms. The summed E-state index contributed by atoms with van der Waals surface area (Å²) in [5.41, 5.74) is 5.99. The minimum Gasteiger partial charge on any atom is -0.356 e. The topological polar surface area (TPSA) is 48.1 Å². The highest BCUT2D eigenvalue weighted by Gasteiger charge is 2.34. The molecule has 0 fully saturated rings. The van der Waals surface area contributed by atoms with Gasteiger partial charge in [0.25, 0.3) is 0 Å². The highest BCUT2D eigenvalue weighted by molar-refractivity contribution is 5.86. The lowest BCUT2D eigenvalue weighted by molar-refractivity contribution is 0.178. The molecule has 1 unspecified atom stereocenters. The average Bonchev–Trinajstić information content (AvgIpc) is 3.05. The Morgan fingerprint density at radius 2 is 1.93 bits per heavy atom. The fourth-order valence-electron chi connectivity index (χ4n) is 3.95. The number of fused-ring (bicyclic) bond motifs is 3. The van der Waals surface area contributed by atoms with Crippen LogP contribution in [-0.4, -0.2) is 29.0 Å². The lowest BCUT2D eigenvalue weighted by atomic mass is 9.92. The first-order chi connectivity index (χ1) is 13.0. The van der Waals surface area contributed by atoms with Gasteiger partial charge in [-0.2, -0.15) is 0 Å². The van der Waals surface area contributed by atoms with Gasteiger partial charge in [-0.1, -0.05) is 61.9 Å². The minimum absolute atomic E-state index is 0.0126. The van der Waals surface area contributed by atoms with Crippen LogP contribution >= 0.6 is 0 Å². The summed E-state index contributed by atoms with van der Waals surface area (Å²) in [6, 6.07) is 16.9. The van der Waals surface area contributed by atoms with Crippen LogP contribution in [0.4, 0.5) is 4.79 Å². The summed E-state index contributed by atoms with van der Waals surface area (Å²) in [7, 11) is 0. The third kappa shape index (κ3) is 3.32. The average molecular weight is 361 g/mol. The maximum absolute atomic E-state index is 13.0. The smallest absolute Gasteiger partial charge is 0.318 e. The SMILES string of the molecule is Cc1ccc(C2c3[nH]c4ccccc4c3CCN2C(=O)NCC(C)C)cc1. The van der Waals surface area contributed by atoms with Gasteiger partial charge < -0.3 is 15.2 Å². The summed E-state index contributed by atoms with van der Waals surface area (Å²) in [4.78, 5) is 18.6. The van der Waals surface area contributed by atoms with Gasteiger partial charge in [0.2, 0.25) is 0 Å². The first-order valence-electron chi connectivity index (χ1n) is 9.75. The maximum Gasteiger partial charge on any atom is 0.318 e. The predicted molar refractivity (Wildman–Crippen MR) is 110 cm³/mol. The van der Waals surface area contributed by atoms with Crippen molar-refractivity contribution in [2.24, 2.45) is 5.92 Å². The van der Waals surface area contributed by atoms with E-state index in [0.29, 0.717) is 12.5 Å². The van der Waals surface area contributed by atoms with Crippen molar-refractivity contribution >= 4 is 16.9 Å². The number of aromatic amines is 1. The molecule has 2 N–H and O–H groups in total. The number of hydrogen-bond donors (Lipinski definition) is 2. The zero-order chi connectivity index (χ0) is 19.0. The molecule has 2 amide bonds. The molecule has 140 valence electrons. The number of carbonyl (C=O) groups is 1. The summed E-state index contributed by atoms with van der Waals surface area (Å²) in [5, 5.41) is 4.37. The van der Waals surface area contributed by atoms with Crippen LogP contribution in [0, 0.1) is 12.8 Å². The van der Waals surface area contributed by atoms with E-state index in [1.807, 2.05) is 4.90 Å². The Morgan fingerprint density at radius 3 is 2.67 bits per heavy atom. The third-order valence-corrected chi connectivity index (χ3v) is 5.35. The van der Waals surface area contributed by atoms with E-state index in [9.17, 15) is 4.79 Å². The number of carbonyl (C=O) groups excluding carboxylic acids is 1. The molecule has 4 nitrogen and oxygen atoms in total. The molecular weight excluding hydrogens is 334 g/mol. The highest BCUT2D eigenvalue weighted by Crippen LogP contribution is 2.38. The highest BCUT2D eigenvalue weighted by atomic mass is 16.2. The van der Waals surface area contributed by atoms with Gasteiger partial charge in [-0.05, 0) is 36.5 Å². The van der Waals surface area contributed by atoms with Crippen LogP contribution in [0.2, 0.25) is 0 Å². The van der Waals surface area contributed by atoms with E-state index in [4.69, 9.17) is 0 Å². The molecule has 1 aliphatic rings. The first-order valence-corrected chi connectivity index (χ1v) is 9.75. The molecule has 0 aliphatic carbocycles. The molecule has 3 aromatic rings. The van der Waals surface area contributed by atoms with E-state index in [0.717, 1.165) is 29.7 Å². The van der Waals surface area contributed by atoms with Gasteiger partial charge in [0, 0.05) is 29.7 Å². The molecule has 0 saturated heterocycles. The Labute approximate surface area is 160 Å². The number of rotatable bonds is 3. The van der Waals surface area contributed by atoms with Crippen molar-refractivity contribution in [1.82, 2.24) is 15.2 Å². The van der Waals surface area contributed by atoms with E-state index in [1.165, 1.54) is 16.5 Å². The standard InChI is InChI=1S/C23H27N3O/c1-15(2)14-24-23(27)26-13-12-19-18-6-4-5-7-20(18)25-21(19)22(26)17-10-8-16(3)9-11-17/h4-11,15,22,25H,12-14H2,1-3H3,(H,24,27). The van der Waals surface area contributed by atoms with Crippen LogP contribution < -0.4 is 5.32 Å². The fourth-order valence-corrected chi connectivity index (χ4v) is 3.95. The zero-order valence-corrected chi connectivity index (χ0v) is 16.3. The summed E-state index contributed by atoms with van der Waals surface area (Å²) >= 11 is 0. The number of aromatic nitrogens is 1. The van der Waals surface area contributed by atoms with Crippen LogP contribution in [0.5, 0.6) is 0 Å². The minimum atomic E-state index is -0.0890. The van der Waals surface area contributed by atoms with Crippen molar-refractivity contribution in [3.8, 4) is 0 Å². The number of aryl methyl sites for hydroxylation is 1. The normalized spacial score (nSPS) is 16.6. The second-order valence-corrected chi connectivity index (χ2v) is 7.90. The number of urea groups is 1. The Morgan fingerprint density at radius 1 is 1.19 bits per heavy atom. The van der Waals surface area contributed by atoms with E-state index < -0.39 is 0 Å². The van der Waals surface area contributed by atoms with Crippen molar-refractivity contribution in [3.05, 3.63) is 70.9 Å². The Balaban J connectivity index is 1.78. The van der Waals surface area contributed by atoms with E-state index >= 15 is 0 Å². The number of nitrogens with one attached hydrogen (secondary N) is 2. The molecule has 1 atom stereocenters. The Kier molecular flexibility index (Phi) is 4.65. The number of benzene rings is 2. The van der Waals surface area contributed by atoms with Gasteiger partial charge in [0.05, 0.1) is 6.04 Å². The Hall–Kier alpha value is -2.75. The lowest BCUT2D eigenvalue weighted by Crippen LogP contribution is -2.46. The van der Waals surface area contributed by atoms with Crippen molar-refractivity contribution in [3.63, 3.8) is 0 Å². The number of hydrogen-bond acceptors (Lipinski definition) is 1. The molecule has 27 heavy (non-hydrogen) atoms. The first kappa shape index (κ1) is 17.7. The lowest BCUT2D eigenvalue weighted by Gasteiger charge is -2.36. The van der Waals surface area contributed by atoms with Crippen molar-refractivity contribution in [2.75, 3.05) is 13.1 Å². The fraction of sp³-hybridized carbons (Fsp3) is 0.348. The molecule has 2 heterocycles. The molecule has 0 bridgehead atoms. The van der Waals surface area contributed by atoms with Crippen LogP contribution in [0.25, 0.3) is 10.9 Å². The van der Waals surface area contributed by atoms with Gasteiger partial charge >= 0.3 is 6.03 Å². The van der Waals surface area contributed by atoms with Gasteiger partial charge in [-0.15, -0.1) is 0 Å². The summed E-state index contributed by atoms with van der Waals surface area (Å²) in [6.45, 7) is 7.73. The number of nitrogens with zero attached hydrogens (tertiary/aromatic N) is 1. The molecule has 4 rings (SSSR count). The quantitative estimate of drug-likeness (QED) is 0.692. The predicted octanol–water partition coefficient (Wildman–Crippen LogP) is 4.79. The summed E-state index contributed by atoms with van der Waals surface area (Å²) in [6.07, 6.45) is 0.872. The van der Waals surface area contributed by atoms with Crippen molar-refractivity contribution in [1.29, 1.82) is 0 Å². The molecular formula is C23H27N3O. The van der Waals surface area contributed by atoms with Gasteiger partial charge in [0.1, 0.15) is 0 Å². The molecule has 0 radical (unpaired) electrons. The monoisotopic (exact) mass is 361 g/mol. The van der Waals surface area contributed by atoms with E-state index in [1.54, 1.807) is 0 Å². The van der Waals surface area contributed by atoms with E-state index in [-0.39, 0.29) is 12.1 Å². The van der Waals surface area contributed by atoms with Crippen LogP contribution in [0.15, 0.2) is 48.5 Å². The molecule has 1 aromatic heterocycles. The largest absolute Gasteiger partial charge is 0.356 e. The molecule has 2 aromatic carbocycles. The molecule has 4 heteroatoms. The van der Waals surface area contributed by atoms with Crippen molar-refractivity contribution < 1.29 is 4.79 Å². The van der Waals surface area contributed by atoms with Crippen LogP contribution in [-0.2, 0) is 6.42 Å². The van der Waals surface area contributed by atoms with Crippen LogP contribution in [0.3, 0.4) is 0 Å². The molecule has 1 aliphatic heterocycles. The van der Waals surface area contributed by atoms with Crippen molar-refractivity contribution in [2.45, 2.75) is 33.2 Å². The third-order valence-electron chi connectivity index (χ3n) is 5.35. The number of amides is 2. The second-order valence-electron chi connectivity index (χ2n) is 7.90. The number of para-hydroxylation sites is 1. The Bertz CT molecular complexity index is 955. The molecule has 0 saturated carbocycles. The second kappa shape index (κ2) is 7.10. The number of H-pyrrole nitrogens is 1. The van der Waals surface area contributed by atoms with Crippen LogP contribution in [0.1, 0.15) is 42.3 Å². The van der Waals surface area contributed by atoms with Gasteiger partial charge in [-0.25, -0.2) is 4.79 Å². The summed E-state index contributed by atoms with van der Waals surface area (Å²) < 4.78 is 0. The van der Waals surface area contributed by atoms with E-state index in [2.05, 4.69) is 79.6 Å². The van der Waals surface area contributed by atoms with Gasteiger partial charge in [0.15, 0.2) is 0 Å². The zero-order valence-electron chi connectivity index (χ0n) is 16.3.